The van der Waals surface area contributed by atoms with Crippen molar-refractivity contribution in [2.45, 2.75) is 52.4 Å². The first-order chi connectivity index (χ1) is 7.62. The van der Waals surface area contributed by atoms with E-state index in [-0.39, 0.29) is 5.04 Å². The third-order valence-electron chi connectivity index (χ3n) is 3.39. The van der Waals surface area contributed by atoms with Gasteiger partial charge in [-0.1, -0.05) is 20.8 Å². The summed E-state index contributed by atoms with van der Waals surface area (Å²) < 4.78 is 7.06. The second-order valence-electron chi connectivity index (χ2n) is 5.99. The van der Waals surface area contributed by atoms with Gasteiger partial charge in [-0.25, -0.2) is 4.98 Å². The molecule has 0 saturated heterocycles. The van der Waals surface area contributed by atoms with Crippen LogP contribution in [-0.4, -0.2) is 13.3 Å². The van der Waals surface area contributed by atoms with Crippen molar-refractivity contribution >= 4 is 24.2 Å². The molecule has 1 rings (SSSR count). The number of aromatic nitrogens is 1. The van der Waals surface area contributed by atoms with Crippen LogP contribution in [0.4, 0.5) is 0 Å². The highest BCUT2D eigenvalue weighted by Crippen LogP contribution is 2.37. The molecule has 1 aromatic rings. The zero-order chi connectivity index (χ0) is 13.3. The summed E-state index contributed by atoms with van der Waals surface area (Å²) in [6.45, 7) is 14.0. The molecule has 0 radical (unpaired) electrons. The van der Waals surface area contributed by atoms with Gasteiger partial charge in [0.1, 0.15) is 4.60 Å². The number of hydrogen-bond acceptors (Lipinski definition) is 2. The molecule has 0 atom stereocenters. The van der Waals surface area contributed by atoms with E-state index in [1.165, 1.54) is 5.56 Å². The molecule has 0 N–H and O–H groups in total. The Labute approximate surface area is 114 Å². The van der Waals surface area contributed by atoms with Gasteiger partial charge in [-0.2, -0.15) is 0 Å². The van der Waals surface area contributed by atoms with E-state index in [4.69, 9.17) is 4.43 Å². The normalized spacial score (nSPS) is 12.9. The highest BCUT2D eigenvalue weighted by Gasteiger charge is 2.36. The van der Waals surface area contributed by atoms with Crippen LogP contribution in [0.3, 0.4) is 0 Å². The van der Waals surface area contributed by atoms with Gasteiger partial charge in [-0.05, 0) is 58.7 Å². The number of hydrogen-bond donors (Lipinski definition) is 0. The van der Waals surface area contributed by atoms with Crippen LogP contribution in [0.5, 0.6) is 0 Å². The molecule has 0 aliphatic heterocycles. The van der Waals surface area contributed by atoms with Gasteiger partial charge in [-0.15, -0.1) is 0 Å². The fourth-order valence-electron chi connectivity index (χ4n) is 1.26. The van der Waals surface area contributed by atoms with Gasteiger partial charge >= 0.3 is 0 Å². The predicted octanol–water partition coefficient (Wildman–Crippen LogP) is 4.67. The molecule has 0 aliphatic rings. The molecule has 0 aromatic carbocycles. The maximum Gasteiger partial charge on any atom is 0.192 e. The molecule has 0 saturated carbocycles. The first kappa shape index (κ1) is 14.9. The Balaban J connectivity index is 2.74. The number of nitrogens with zero attached hydrogens (tertiary/aromatic N) is 1. The van der Waals surface area contributed by atoms with Crippen molar-refractivity contribution in [3.05, 3.63) is 28.0 Å². The lowest BCUT2D eigenvalue weighted by atomic mass is 10.2. The molecule has 0 fully saturated rings. The minimum atomic E-state index is -1.66. The fraction of sp³-hybridized carbons (Fsp3) is 0.615. The quantitative estimate of drug-likeness (QED) is 0.597. The lowest BCUT2D eigenvalue weighted by Crippen LogP contribution is -2.40. The van der Waals surface area contributed by atoms with Crippen LogP contribution < -0.4 is 0 Å². The van der Waals surface area contributed by atoms with Crippen molar-refractivity contribution in [2.24, 2.45) is 0 Å². The average Bonchev–Trinajstić information content (AvgIpc) is 2.11. The molecule has 96 valence electrons. The first-order valence-corrected chi connectivity index (χ1v) is 9.59. The van der Waals surface area contributed by atoms with E-state index in [1.807, 2.05) is 13.0 Å². The molecule has 1 heterocycles. The van der Waals surface area contributed by atoms with Gasteiger partial charge in [0.2, 0.25) is 0 Å². The number of halogens is 1. The molecule has 17 heavy (non-hydrogen) atoms. The minimum Gasteiger partial charge on any atom is -0.413 e. The van der Waals surface area contributed by atoms with E-state index in [1.54, 1.807) is 0 Å². The third kappa shape index (κ3) is 4.19. The topological polar surface area (TPSA) is 22.1 Å². The van der Waals surface area contributed by atoms with Crippen molar-refractivity contribution in [1.29, 1.82) is 0 Å². The lowest BCUT2D eigenvalue weighted by Gasteiger charge is -2.36. The van der Waals surface area contributed by atoms with Gasteiger partial charge in [0.15, 0.2) is 8.32 Å². The molecule has 4 heteroatoms. The Morgan fingerprint density at radius 2 is 1.88 bits per heavy atom. The maximum absolute atomic E-state index is 6.18. The van der Waals surface area contributed by atoms with Crippen molar-refractivity contribution in [3.8, 4) is 0 Å². The van der Waals surface area contributed by atoms with E-state index < -0.39 is 8.32 Å². The van der Waals surface area contributed by atoms with Crippen LogP contribution in [0.2, 0.25) is 18.1 Å². The summed E-state index contributed by atoms with van der Waals surface area (Å²) in [5.41, 5.74) is 2.21. The highest BCUT2D eigenvalue weighted by molar-refractivity contribution is 9.10. The van der Waals surface area contributed by atoms with E-state index in [0.717, 1.165) is 10.3 Å². The molecular weight excluding hydrogens is 294 g/mol. The van der Waals surface area contributed by atoms with Gasteiger partial charge in [0.05, 0.1) is 6.61 Å². The van der Waals surface area contributed by atoms with E-state index in [0.29, 0.717) is 6.61 Å². The van der Waals surface area contributed by atoms with Crippen LogP contribution in [0.25, 0.3) is 0 Å². The maximum atomic E-state index is 6.18. The molecule has 1 aromatic heterocycles. The molecule has 0 spiro atoms. The Kier molecular flexibility index (Phi) is 4.55. The summed E-state index contributed by atoms with van der Waals surface area (Å²) in [5, 5.41) is 0.256. The summed E-state index contributed by atoms with van der Waals surface area (Å²) in [7, 11) is -1.66. The van der Waals surface area contributed by atoms with Gasteiger partial charge in [0, 0.05) is 5.69 Å². The number of rotatable bonds is 3. The monoisotopic (exact) mass is 315 g/mol. The van der Waals surface area contributed by atoms with Crippen LogP contribution in [-0.2, 0) is 11.0 Å². The van der Waals surface area contributed by atoms with E-state index in [2.05, 4.69) is 60.8 Å². The van der Waals surface area contributed by atoms with Gasteiger partial charge in [0.25, 0.3) is 0 Å². The molecule has 0 amide bonds. The predicted molar refractivity (Wildman–Crippen MR) is 78.7 cm³/mol. The van der Waals surface area contributed by atoms with Gasteiger partial charge in [-0.3, -0.25) is 0 Å². The van der Waals surface area contributed by atoms with Crippen LogP contribution in [0.15, 0.2) is 16.7 Å². The zero-order valence-electron chi connectivity index (χ0n) is 11.6. The van der Waals surface area contributed by atoms with Crippen molar-refractivity contribution in [2.75, 3.05) is 0 Å². The number of pyridine rings is 1. The largest absolute Gasteiger partial charge is 0.413 e. The summed E-state index contributed by atoms with van der Waals surface area (Å²) in [4.78, 5) is 4.30. The van der Waals surface area contributed by atoms with E-state index in [9.17, 15) is 0 Å². The molecule has 0 bridgehead atoms. The van der Waals surface area contributed by atoms with Crippen LogP contribution in [0.1, 0.15) is 32.0 Å². The number of aryl methyl sites for hydroxylation is 1. The summed E-state index contributed by atoms with van der Waals surface area (Å²) >= 11 is 3.42. The first-order valence-electron chi connectivity index (χ1n) is 5.89. The standard InChI is InChI=1S/C13H22BrNOSi/c1-10-7-11(8-12(14)15-10)9-16-17(5,6)13(2,3)4/h7-8H,9H2,1-6H3. The Bertz CT molecular complexity index is 379. The third-order valence-corrected chi connectivity index (χ3v) is 8.27. The lowest BCUT2D eigenvalue weighted by molar-refractivity contribution is 0.276. The fourth-order valence-corrected chi connectivity index (χ4v) is 2.79. The Hall–Kier alpha value is -0.193. The minimum absolute atomic E-state index is 0.256. The highest BCUT2D eigenvalue weighted by atomic mass is 79.9. The van der Waals surface area contributed by atoms with Crippen LogP contribution >= 0.6 is 15.9 Å². The van der Waals surface area contributed by atoms with Crippen molar-refractivity contribution in [1.82, 2.24) is 4.98 Å². The Morgan fingerprint density at radius 1 is 1.29 bits per heavy atom. The summed E-state index contributed by atoms with van der Waals surface area (Å²) in [6.07, 6.45) is 0. The molecule has 0 unspecified atom stereocenters. The van der Waals surface area contributed by atoms with E-state index >= 15 is 0 Å². The average molecular weight is 316 g/mol. The second-order valence-corrected chi connectivity index (χ2v) is 11.6. The molecule has 0 aliphatic carbocycles. The Morgan fingerprint density at radius 3 is 2.35 bits per heavy atom. The smallest absolute Gasteiger partial charge is 0.192 e. The zero-order valence-corrected chi connectivity index (χ0v) is 14.2. The summed E-state index contributed by atoms with van der Waals surface area (Å²) in [6, 6.07) is 4.11. The molecule has 2 nitrogen and oxygen atoms in total. The summed E-state index contributed by atoms with van der Waals surface area (Å²) in [5.74, 6) is 0. The van der Waals surface area contributed by atoms with Gasteiger partial charge < -0.3 is 4.43 Å². The second kappa shape index (κ2) is 5.20. The molecular formula is C13H22BrNOSi. The van der Waals surface area contributed by atoms with Crippen LogP contribution in [0, 0.1) is 6.92 Å². The van der Waals surface area contributed by atoms with Crippen molar-refractivity contribution < 1.29 is 4.43 Å². The SMILES string of the molecule is Cc1cc(CO[Si](C)(C)C(C)(C)C)cc(Br)n1. The van der Waals surface area contributed by atoms with Crippen molar-refractivity contribution in [3.63, 3.8) is 0 Å².